The van der Waals surface area contributed by atoms with Gasteiger partial charge in [-0.05, 0) is 37.5 Å². The monoisotopic (exact) mass is 305 g/mol. The minimum Gasteiger partial charge on any atom is -0.497 e. The predicted octanol–water partition coefficient (Wildman–Crippen LogP) is 2.34. The van der Waals surface area contributed by atoms with Crippen LogP contribution < -0.4 is 10.1 Å². The quantitative estimate of drug-likeness (QED) is 0.791. The molecule has 22 heavy (non-hydrogen) atoms. The molecule has 2 rings (SSSR count). The summed E-state index contributed by atoms with van der Waals surface area (Å²) in [7, 11) is 1.64. The van der Waals surface area contributed by atoms with E-state index in [4.69, 9.17) is 9.84 Å². The third kappa shape index (κ3) is 3.40. The first kappa shape index (κ1) is 16.3. The summed E-state index contributed by atoms with van der Waals surface area (Å²) in [6, 6.07) is 7.92. The summed E-state index contributed by atoms with van der Waals surface area (Å²) in [5.74, 6) is -1.75. The Bertz CT molecular complexity index is 549. The van der Waals surface area contributed by atoms with Crippen molar-refractivity contribution in [3.05, 3.63) is 29.8 Å². The van der Waals surface area contributed by atoms with E-state index in [1.54, 1.807) is 7.11 Å². The lowest BCUT2D eigenvalue weighted by Gasteiger charge is -2.30. The van der Waals surface area contributed by atoms with Crippen LogP contribution in [-0.4, -0.2) is 30.6 Å². The van der Waals surface area contributed by atoms with Crippen molar-refractivity contribution in [2.24, 2.45) is 5.92 Å². The molecule has 1 saturated carbocycles. The number of ether oxygens (including phenoxy) is 1. The second-order valence-electron chi connectivity index (χ2n) is 6.00. The summed E-state index contributed by atoms with van der Waals surface area (Å²) in [5.41, 5.74) is 1.02. The van der Waals surface area contributed by atoms with Crippen molar-refractivity contribution in [2.45, 2.75) is 38.0 Å². The zero-order valence-corrected chi connectivity index (χ0v) is 13.1. The van der Waals surface area contributed by atoms with Crippen molar-refractivity contribution in [3.63, 3.8) is 0 Å². The second-order valence-corrected chi connectivity index (χ2v) is 6.00. The van der Waals surface area contributed by atoms with Gasteiger partial charge in [0.05, 0.1) is 7.11 Å². The lowest BCUT2D eigenvalue weighted by Crippen LogP contribution is -2.42. The highest BCUT2D eigenvalue weighted by Crippen LogP contribution is 2.41. The fourth-order valence-corrected chi connectivity index (χ4v) is 3.09. The molecule has 1 aliphatic carbocycles. The van der Waals surface area contributed by atoms with Crippen LogP contribution in [0.25, 0.3) is 0 Å². The van der Waals surface area contributed by atoms with Gasteiger partial charge in [0, 0.05) is 12.0 Å². The van der Waals surface area contributed by atoms with Gasteiger partial charge in [-0.3, -0.25) is 9.59 Å². The Morgan fingerprint density at radius 2 is 2.05 bits per heavy atom. The average Bonchev–Trinajstić information content (AvgIpc) is 3.02. The van der Waals surface area contributed by atoms with E-state index in [1.807, 2.05) is 18.2 Å². The molecule has 1 aromatic rings. The van der Waals surface area contributed by atoms with Crippen molar-refractivity contribution < 1.29 is 19.4 Å². The summed E-state index contributed by atoms with van der Waals surface area (Å²) in [6.07, 6.45) is 4.20. The van der Waals surface area contributed by atoms with Crippen LogP contribution >= 0.6 is 0 Å². The van der Waals surface area contributed by atoms with Crippen LogP contribution in [0.2, 0.25) is 0 Å². The molecule has 1 amide bonds. The van der Waals surface area contributed by atoms with E-state index in [-0.39, 0.29) is 5.41 Å². The van der Waals surface area contributed by atoms with Crippen LogP contribution in [0.15, 0.2) is 24.3 Å². The molecule has 0 radical (unpaired) electrons. The number of hydrogen-bond acceptors (Lipinski definition) is 3. The van der Waals surface area contributed by atoms with Crippen LogP contribution in [0.1, 0.15) is 38.2 Å². The van der Waals surface area contributed by atoms with Crippen LogP contribution in [0.5, 0.6) is 5.75 Å². The minimum absolute atomic E-state index is 0.123. The molecule has 0 aromatic heterocycles. The number of carboxylic acid groups (broad SMARTS) is 1. The number of aliphatic carboxylic acids is 1. The van der Waals surface area contributed by atoms with Crippen molar-refractivity contribution in [1.82, 2.24) is 5.32 Å². The zero-order chi connectivity index (χ0) is 16.2. The van der Waals surface area contributed by atoms with E-state index in [9.17, 15) is 9.59 Å². The third-order valence-electron chi connectivity index (χ3n) is 4.61. The molecule has 120 valence electrons. The summed E-state index contributed by atoms with van der Waals surface area (Å²) < 4.78 is 5.29. The first-order valence-corrected chi connectivity index (χ1v) is 7.63. The molecule has 2 N–H and O–H groups in total. The SMILES string of the molecule is COc1cccc(C2(CNC(=O)C(C)C(=O)O)CCCC2)c1. The Balaban J connectivity index is 2.15. The number of hydrogen-bond donors (Lipinski definition) is 2. The summed E-state index contributed by atoms with van der Waals surface area (Å²) in [6.45, 7) is 1.88. The normalized spacial score (nSPS) is 17.7. The maximum atomic E-state index is 11.9. The number of methoxy groups -OCH3 is 1. The molecule has 1 atom stereocenters. The van der Waals surface area contributed by atoms with E-state index < -0.39 is 17.8 Å². The molecule has 0 aliphatic heterocycles. The smallest absolute Gasteiger partial charge is 0.315 e. The molecule has 1 unspecified atom stereocenters. The highest BCUT2D eigenvalue weighted by atomic mass is 16.5. The molecule has 1 aliphatic rings. The predicted molar refractivity (Wildman–Crippen MR) is 82.9 cm³/mol. The second kappa shape index (κ2) is 6.81. The Kier molecular flexibility index (Phi) is 5.06. The molecule has 0 heterocycles. The Morgan fingerprint density at radius 3 is 2.64 bits per heavy atom. The molecular weight excluding hydrogens is 282 g/mol. The topological polar surface area (TPSA) is 75.6 Å². The van der Waals surface area contributed by atoms with Crippen molar-refractivity contribution in [3.8, 4) is 5.75 Å². The van der Waals surface area contributed by atoms with Crippen molar-refractivity contribution >= 4 is 11.9 Å². The Labute approximate surface area is 130 Å². The summed E-state index contributed by atoms with van der Waals surface area (Å²) in [4.78, 5) is 22.8. The number of amides is 1. The van der Waals surface area contributed by atoms with Gasteiger partial charge >= 0.3 is 5.97 Å². The van der Waals surface area contributed by atoms with E-state index in [0.717, 1.165) is 37.0 Å². The molecule has 5 nitrogen and oxygen atoms in total. The number of carbonyl (C=O) groups excluding carboxylic acids is 1. The maximum absolute atomic E-state index is 11.9. The van der Waals surface area contributed by atoms with Crippen LogP contribution in [0.4, 0.5) is 0 Å². The fraction of sp³-hybridized carbons (Fsp3) is 0.529. The van der Waals surface area contributed by atoms with Crippen molar-refractivity contribution in [2.75, 3.05) is 13.7 Å². The fourth-order valence-electron chi connectivity index (χ4n) is 3.09. The third-order valence-corrected chi connectivity index (χ3v) is 4.61. The van der Waals surface area contributed by atoms with Gasteiger partial charge in [-0.25, -0.2) is 0 Å². The molecule has 0 saturated heterocycles. The lowest BCUT2D eigenvalue weighted by molar-refractivity contribution is -0.146. The molecule has 1 fully saturated rings. The number of rotatable bonds is 6. The molecule has 5 heteroatoms. The van der Waals surface area contributed by atoms with Gasteiger partial charge in [0.25, 0.3) is 0 Å². The Morgan fingerprint density at radius 1 is 1.36 bits per heavy atom. The van der Waals surface area contributed by atoms with E-state index in [1.165, 1.54) is 6.92 Å². The molecular formula is C17H23NO4. The molecule has 1 aromatic carbocycles. The van der Waals surface area contributed by atoms with Crippen LogP contribution in [-0.2, 0) is 15.0 Å². The van der Waals surface area contributed by atoms with E-state index in [2.05, 4.69) is 11.4 Å². The van der Waals surface area contributed by atoms with Crippen LogP contribution in [0, 0.1) is 5.92 Å². The van der Waals surface area contributed by atoms with Gasteiger partial charge in [-0.15, -0.1) is 0 Å². The number of nitrogens with one attached hydrogen (secondary N) is 1. The minimum atomic E-state index is -1.10. The van der Waals surface area contributed by atoms with E-state index in [0.29, 0.717) is 6.54 Å². The van der Waals surface area contributed by atoms with Gasteiger partial charge in [0.1, 0.15) is 11.7 Å². The average molecular weight is 305 g/mol. The van der Waals surface area contributed by atoms with Crippen LogP contribution in [0.3, 0.4) is 0 Å². The summed E-state index contributed by atoms with van der Waals surface area (Å²) in [5, 5.41) is 11.7. The summed E-state index contributed by atoms with van der Waals surface area (Å²) >= 11 is 0. The zero-order valence-electron chi connectivity index (χ0n) is 13.1. The molecule has 0 spiro atoms. The highest BCUT2D eigenvalue weighted by Gasteiger charge is 2.36. The lowest BCUT2D eigenvalue weighted by atomic mass is 9.78. The largest absolute Gasteiger partial charge is 0.497 e. The standard InChI is InChI=1S/C17H23NO4/c1-12(16(20)21)15(19)18-11-17(8-3-4-9-17)13-6-5-7-14(10-13)22-2/h5-7,10,12H,3-4,8-9,11H2,1-2H3,(H,18,19)(H,20,21). The van der Waals surface area contributed by atoms with Gasteiger partial charge in [-0.1, -0.05) is 25.0 Å². The van der Waals surface area contributed by atoms with Gasteiger partial charge in [-0.2, -0.15) is 0 Å². The first-order valence-electron chi connectivity index (χ1n) is 7.63. The van der Waals surface area contributed by atoms with Gasteiger partial charge < -0.3 is 15.2 Å². The van der Waals surface area contributed by atoms with Crippen molar-refractivity contribution in [1.29, 1.82) is 0 Å². The highest BCUT2D eigenvalue weighted by molar-refractivity contribution is 5.96. The van der Waals surface area contributed by atoms with Gasteiger partial charge in [0.2, 0.25) is 5.91 Å². The van der Waals surface area contributed by atoms with E-state index >= 15 is 0 Å². The number of benzene rings is 1. The maximum Gasteiger partial charge on any atom is 0.315 e. The number of carbonyl (C=O) groups is 2. The first-order chi connectivity index (χ1) is 10.5. The molecule has 0 bridgehead atoms. The Hall–Kier alpha value is -2.04. The van der Waals surface area contributed by atoms with Gasteiger partial charge in [0.15, 0.2) is 0 Å². The number of carboxylic acids is 1.